The van der Waals surface area contributed by atoms with E-state index in [9.17, 15) is 5.11 Å². The number of hydrogen-bond donors (Lipinski definition) is 1. The second-order valence-electron chi connectivity index (χ2n) is 5.57. The van der Waals surface area contributed by atoms with E-state index >= 15 is 0 Å². The molecule has 1 fully saturated rings. The smallest absolute Gasteiger partial charge is 0.123 e. The van der Waals surface area contributed by atoms with Gasteiger partial charge in [-0.3, -0.25) is 4.90 Å². The summed E-state index contributed by atoms with van der Waals surface area (Å²) in [5, 5.41) is 9.95. The third kappa shape index (κ3) is 3.48. The van der Waals surface area contributed by atoms with Crippen LogP contribution in [0.25, 0.3) is 0 Å². The molecule has 1 aromatic carbocycles. The molecule has 3 nitrogen and oxygen atoms in total. The van der Waals surface area contributed by atoms with E-state index in [2.05, 4.69) is 30.9 Å². The number of piperidine rings is 1. The molecule has 1 saturated heterocycles. The van der Waals surface area contributed by atoms with Crippen molar-refractivity contribution in [2.75, 3.05) is 20.2 Å². The number of methoxy groups -OCH3 is 1. The second kappa shape index (κ2) is 6.40. The Morgan fingerprint density at radius 2 is 2.21 bits per heavy atom. The summed E-state index contributed by atoms with van der Waals surface area (Å²) < 4.78 is 5.44. The molecule has 106 valence electrons. The second-order valence-corrected chi connectivity index (χ2v) is 5.57. The van der Waals surface area contributed by atoms with Crippen LogP contribution in [-0.4, -0.2) is 36.3 Å². The zero-order chi connectivity index (χ0) is 13.8. The Kier molecular flexibility index (Phi) is 4.83. The Bertz CT molecular complexity index is 419. The van der Waals surface area contributed by atoms with Crippen molar-refractivity contribution in [2.24, 2.45) is 5.92 Å². The summed E-state index contributed by atoms with van der Waals surface area (Å²) in [5.41, 5.74) is 2.51. The Labute approximate surface area is 116 Å². The Morgan fingerprint density at radius 3 is 2.89 bits per heavy atom. The Hall–Kier alpha value is -1.06. The molecule has 1 aliphatic rings. The molecule has 0 spiro atoms. The zero-order valence-electron chi connectivity index (χ0n) is 12.2. The fourth-order valence-corrected chi connectivity index (χ4v) is 2.91. The van der Waals surface area contributed by atoms with Crippen molar-refractivity contribution in [1.82, 2.24) is 4.90 Å². The highest BCUT2D eigenvalue weighted by molar-refractivity contribution is 5.36. The molecule has 1 heterocycles. The van der Waals surface area contributed by atoms with Crippen LogP contribution in [0.4, 0.5) is 0 Å². The van der Waals surface area contributed by atoms with Gasteiger partial charge >= 0.3 is 0 Å². The molecule has 3 heteroatoms. The van der Waals surface area contributed by atoms with Crippen LogP contribution in [0.2, 0.25) is 0 Å². The normalized spacial score (nSPS) is 24.4. The molecule has 0 aromatic heterocycles. The SMILES string of the molecule is CCC1CN(Cc2cc(C)ccc2OC)CCC1O. The van der Waals surface area contributed by atoms with E-state index in [0.29, 0.717) is 5.92 Å². The van der Waals surface area contributed by atoms with Crippen LogP contribution in [0.3, 0.4) is 0 Å². The minimum absolute atomic E-state index is 0.124. The third-order valence-corrected chi connectivity index (χ3v) is 4.13. The number of benzene rings is 1. The molecule has 0 bridgehead atoms. The summed E-state index contributed by atoms with van der Waals surface area (Å²) in [6.45, 7) is 7.12. The first-order chi connectivity index (χ1) is 9.13. The summed E-state index contributed by atoms with van der Waals surface area (Å²) in [6.07, 6.45) is 1.80. The summed E-state index contributed by atoms with van der Waals surface area (Å²) >= 11 is 0. The maximum Gasteiger partial charge on any atom is 0.123 e. The molecule has 2 atom stereocenters. The van der Waals surface area contributed by atoms with Gasteiger partial charge in [0.25, 0.3) is 0 Å². The van der Waals surface area contributed by atoms with Gasteiger partial charge in [0.15, 0.2) is 0 Å². The third-order valence-electron chi connectivity index (χ3n) is 4.13. The van der Waals surface area contributed by atoms with Gasteiger partial charge in [-0.15, -0.1) is 0 Å². The van der Waals surface area contributed by atoms with Crippen molar-refractivity contribution in [3.8, 4) is 5.75 Å². The van der Waals surface area contributed by atoms with E-state index in [0.717, 1.165) is 38.2 Å². The summed E-state index contributed by atoms with van der Waals surface area (Å²) in [7, 11) is 1.73. The monoisotopic (exact) mass is 263 g/mol. The van der Waals surface area contributed by atoms with Crippen LogP contribution in [0.1, 0.15) is 30.9 Å². The number of aliphatic hydroxyl groups excluding tert-OH is 1. The molecule has 0 amide bonds. The largest absolute Gasteiger partial charge is 0.496 e. The number of aryl methyl sites for hydroxylation is 1. The number of ether oxygens (including phenoxy) is 1. The first kappa shape index (κ1) is 14.4. The van der Waals surface area contributed by atoms with E-state index < -0.39 is 0 Å². The Balaban J connectivity index is 2.06. The lowest BCUT2D eigenvalue weighted by molar-refractivity contribution is 0.0219. The highest BCUT2D eigenvalue weighted by atomic mass is 16.5. The highest BCUT2D eigenvalue weighted by Gasteiger charge is 2.26. The fraction of sp³-hybridized carbons (Fsp3) is 0.625. The van der Waals surface area contributed by atoms with E-state index in [-0.39, 0.29) is 6.10 Å². The van der Waals surface area contributed by atoms with Gasteiger partial charge in [-0.25, -0.2) is 0 Å². The van der Waals surface area contributed by atoms with Crippen molar-refractivity contribution in [1.29, 1.82) is 0 Å². The topological polar surface area (TPSA) is 32.7 Å². The van der Waals surface area contributed by atoms with Gasteiger partial charge in [-0.1, -0.05) is 24.6 Å². The van der Waals surface area contributed by atoms with Crippen LogP contribution in [0.5, 0.6) is 5.75 Å². The molecule has 1 aromatic rings. The standard InChI is InChI=1S/C16H25NO2/c1-4-13-10-17(8-7-15(13)18)11-14-9-12(2)5-6-16(14)19-3/h5-6,9,13,15,18H,4,7-8,10-11H2,1-3H3. The van der Waals surface area contributed by atoms with E-state index in [1.54, 1.807) is 7.11 Å². The molecule has 1 aliphatic heterocycles. The number of hydrogen-bond acceptors (Lipinski definition) is 3. The number of nitrogens with zero attached hydrogens (tertiary/aromatic N) is 1. The predicted octanol–water partition coefficient (Wildman–Crippen LogP) is 2.60. The maximum absolute atomic E-state index is 9.95. The summed E-state index contributed by atoms with van der Waals surface area (Å²) in [6, 6.07) is 6.32. The van der Waals surface area contributed by atoms with Gasteiger partial charge in [-0.2, -0.15) is 0 Å². The zero-order valence-corrected chi connectivity index (χ0v) is 12.2. The molecule has 2 unspecified atom stereocenters. The van der Waals surface area contributed by atoms with Gasteiger partial charge in [0, 0.05) is 25.2 Å². The summed E-state index contributed by atoms with van der Waals surface area (Å²) in [5.74, 6) is 1.37. The van der Waals surface area contributed by atoms with Gasteiger partial charge in [0.2, 0.25) is 0 Å². The molecule has 1 N–H and O–H groups in total. The quantitative estimate of drug-likeness (QED) is 0.906. The van der Waals surface area contributed by atoms with Crippen molar-refractivity contribution >= 4 is 0 Å². The lowest BCUT2D eigenvalue weighted by Crippen LogP contribution is -2.42. The number of aliphatic hydroxyl groups is 1. The van der Waals surface area contributed by atoms with Crippen molar-refractivity contribution in [3.05, 3.63) is 29.3 Å². The van der Waals surface area contributed by atoms with Crippen LogP contribution >= 0.6 is 0 Å². The van der Waals surface area contributed by atoms with Gasteiger partial charge in [0.05, 0.1) is 13.2 Å². The first-order valence-electron chi connectivity index (χ1n) is 7.18. The Morgan fingerprint density at radius 1 is 1.42 bits per heavy atom. The van der Waals surface area contributed by atoms with E-state index in [1.165, 1.54) is 11.1 Å². The van der Waals surface area contributed by atoms with E-state index in [1.807, 2.05) is 6.07 Å². The minimum atomic E-state index is -0.124. The highest BCUT2D eigenvalue weighted by Crippen LogP contribution is 2.25. The average Bonchev–Trinajstić information content (AvgIpc) is 2.41. The molecule has 19 heavy (non-hydrogen) atoms. The molecule has 0 saturated carbocycles. The molecule has 0 aliphatic carbocycles. The molecule has 2 rings (SSSR count). The van der Waals surface area contributed by atoms with Crippen LogP contribution in [0, 0.1) is 12.8 Å². The lowest BCUT2D eigenvalue weighted by Gasteiger charge is -2.36. The lowest BCUT2D eigenvalue weighted by atomic mass is 9.92. The number of rotatable bonds is 4. The number of likely N-dealkylation sites (tertiary alicyclic amines) is 1. The minimum Gasteiger partial charge on any atom is -0.496 e. The fourth-order valence-electron chi connectivity index (χ4n) is 2.91. The molecular formula is C16H25NO2. The van der Waals surface area contributed by atoms with Crippen LogP contribution in [0.15, 0.2) is 18.2 Å². The van der Waals surface area contributed by atoms with Gasteiger partial charge in [-0.05, 0) is 31.7 Å². The molecular weight excluding hydrogens is 238 g/mol. The van der Waals surface area contributed by atoms with Crippen molar-refractivity contribution in [3.63, 3.8) is 0 Å². The van der Waals surface area contributed by atoms with Crippen LogP contribution < -0.4 is 4.74 Å². The first-order valence-corrected chi connectivity index (χ1v) is 7.18. The van der Waals surface area contributed by atoms with Crippen molar-refractivity contribution in [2.45, 2.75) is 39.3 Å². The average molecular weight is 263 g/mol. The van der Waals surface area contributed by atoms with E-state index in [4.69, 9.17) is 4.74 Å². The maximum atomic E-state index is 9.95. The van der Waals surface area contributed by atoms with Gasteiger partial charge < -0.3 is 9.84 Å². The van der Waals surface area contributed by atoms with Gasteiger partial charge in [0.1, 0.15) is 5.75 Å². The predicted molar refractivity (Wildman–Crippen MR) is 77.4 cm³/mol. The van der Waals surface area contributed by atoms with Crippen LogP contribution in [-0.2, 0) is 6.54 Å². The molecule has 0 radical (unpaired) electrons. The van der Waals surface area contributed by atoms with Crippen molar-refractivity contribution < 1.29 is 9.84 Å². The summed E-state index contributed by atoms with van der Waals surface area (Å²) in [4.78, 5) is 2.43.